The largest absolute Gasteiger partial charge is 0.342 e. The number of rotatable bonds is 6. The molecule has 1 aliphatic heterocycles. The van der Waals surface area contributed by atoms with Gasteiger partial charge in [0.15, 0.2) is 11.5 Å². The first-order chi connectivity index (χ1) is 15.3. The van der Waals surface area contributed by atoms with Crippen LogP contribution < -0.4 is 0 Å². The first kappa shape index (κ1) is 19.4. The van der Waals surface area contributed by atoms with Gasteiger partial charge in [0.2, 0.25) is 5.91 Å². The van der Waals surface area contributed by atoms with E-state index in [0.29, 0.717) is 12.8 Å². The zero-order chi connectivity index (χ0) is 21.0. The van der Waals surface area contributed by atoms with Crippen molar-refractivity contribution in [3.63, 3.8) is 0 Å². The maximum Gasteiger partial charge on any atom is 0.228 e. The van der Waals surface area contributed by atoms with Crippen molar-refractivity contribution >= 4 is 11.6 Å². The number of hydrogen-bond acceptors (Lipinski definition) is 5. The van der Waals surface area contributed by atoms with Crippen LogP contribution in [-0.2, 0) is 24.1 Å². The molecule has 0 spiro atoms. The number of pyridine rings is 1. The van der Waals surface area contributed by atoms with Gasteiger partial charge in [0.25, 0.3) is 0 Å². The molecule has 5 rings (SSSR count). The molecular weight excluding hydrogens is 388 g/mol. The van der Waals surface area contributed by atoms with Crippen LogP contribution in [0.15, 0.2) is 60.8 Å². The summed E-state index contributed by atoms with van der Waals surface area (Å²) in [6.07, 6.45) is 5.85. The number of aryl methyl sites for hydroxylation is 2. The van der Waals surface area contributed by atoms with Crippen molar-refractivity contribution in [2.24, 2.45) is 0 Å². The quantitative estimate of drug-likeness (QED) is 0.486. The average Bonchev–Trinajstić information content (AvgIpc) is 3.49. The van der Waals surface area contributed by atoms with Crippen LogP contribution in [0.3, 0.4) is 0 Å². The minimum atomic E-state index is 0.170. The topological polar surface area (TPSA) is 76.3 Å². The second kappa shape index (κ2) is 8.63. The summed E-state index contributed by atoms with van der Waals surface area (Å²) >= 11 is 0. The van der Waals surface area contributed by atoms with E-state index in [1.165, 1.54) is 0 Å². The van der Waals surface area contributed by atoms with Gasteiger partial charge in [0, 0.05) is 37.0 Å². The summed E-state index contributed by atoms with van der Waals surface area (Å²) in [7, 11) is 0. The van der Waals surface area contributed by atoms with Crippen LogP contribution >= 0.6 is 0 Å². The van der Waals surface area contributed by atoms with Gasteiger partial charge in [-0.2, -0.15) is 9.61 Å². The van der Waals surface area contributed by atoms with Gasteiger partial charge >= 0.3 is 0 Å². The molecule has 1 aliphatic rings. The van der Waals surface area contributed by atoms with E-state index < -0.39 is 0 Å². The lowest BCUT2D eigenvalue weighted by atomic mass is 10.1. The molecule has 31 heavy (non-hydrogen) atoms. The number of likely N-dealkylation sites (tertiary alicyclic amines) is 1. The molecule has 3 aromatic heterocycles. The molecule has 0 unspecified atom stereocenters. The van der Waals surface area contributed by atoms with Crippen molar-refractivity contribution < 1.29 is 4.79 Å². The fourth-order valence-corrected chi connectivity index (χ4v) is 4.02. The van der Waals surface area contributed by atoms with Gasteiger partial charge in [-0.05, 0) is 49.1 Å². The Labute approximate surface area is 180 Å². The van der Waals surface area contributed by atoms with E-state index in [4.69, 9.17) is 5.10 Å². The fourth-order valence-electron chi connectivity index (χ4n) is 4.02. The molecule has 1 aromatic carbocycles. The smallest absolute Gasteiger partial charge is 0.228 e. The van der Waals surface area contributed by atoms with E-state index in [0.717, 1.165) is 66.3 Å². The molecule has 0 radical (unpaired) electrons. The number of amides is 1. The number of carbonyl (C=O) groups is 1. The molecule has 0 bridgehead atoms. The van der Waals surface area contributed by atoms with Crippen molar-refractivity contribution in [1.29, 1.82) is 0 Å². The van der Waals surface area contributed by atoms with Crippen molar-refractivity contribution in [2.75, 3.05) is 13.1 Å². The number of benzene rings is 1. The van der Waals surface area contributed by atoms with Gasteiger partial charge in [-0.15, -0.1) is 10.2 Å². The average molecular weight is 412 g/mol. The predicted molar refractivity (Wildman–Crippen MR) is 117 cm³/mol. The van der Waals surface area contributed by atoms with Crippen LogP contribution in [-0.4, -0.2) is 48.7 Å². The number of fused-ring (bicyclic) bond motifs is 1. The van der Waals surface area contributed by atoms with Crippen molar-refractivity contribution in [3.8, 4) is 11.3 Å². The van der Waals surface area contributed by atoms with Crippen LogP contribution in [0.4, 0.5) is 0 Å². The molecule has 1 amide bonds. The van der Waals surface area contributed by atoms with Crippen LogP contribution in [0.1, 0.15) is 29.9 Å². The summed E-state index contributed by atoms with van der Waals surface area (Å²) in [6, 6.07) is 18.0. The second-order valence-electron chi connectivity index (χ2n) is 7.89. The zero-order valence-electron chi connectivity index (χ0n) is 17.3. The highest BCUT2D eigenvalue weighted by atomic mass is 16.2. The summed E-state index contributed by atoms with van der Waals surface area (Å²) in [6.45, 7) is 1.74. The third-order valence-electron chi connectivity index (χ3n) is 5.71. The predicted octanol–water partition coefficient (Wildman–Crippen LogP) is 3.14. The molecular formula is C24H24N6O. The van der Waals surface area contributed by atoms with Crippen molar-refractivity contribution in [3.05, 3.63) is 77.9 Å². The summed E-state index contributed by atoms with van der Waals surface area (Å²) in [5.41, 5.74) is 4.65. The number of nitrogens with zero attached hydrogens (tertiary/aromatic N) is 6. The molecule has 1 fully saturated rings. The van der Waals surface area contributed by atoms with E-state index in [9.17, 15) is 4.79 Å². The zero-order valence-corrected chi connectivity index (χ0v) is 17.3. The highest BCUT2D eigenvalue weighted by molar-refractivity contribution is 5.78. The fraction of sp³-hybridized carbons (Fsp3) is 0.292. The van der Waals surface area contributed by atoms with Crippen LogP contribution in [0.2, 0.25) is 0 Å². The monoisotopic (exact) mass is 412 g/mol. The number of aromatic nitrogens is 5. The lowest BCUT2D eigenvalue weighted by Crippen LogP contribution is -2.29. The molecule has 0 aliphatic carbocycles. The van der Waals surface area contributed by atoms with Crippen LogP contribution in [0.25, 0.3) is 16.9 Å². The first-order valence-electron chi connectivity index (χ1n) is 10.7. The first-order valence-corrected chi connectivity index (χ1v) is 10.7. The Morgan fingerprint density at radius 2 is 1.77 bits per heavy atom. The molecule has 156 valence electrons. The summed E-state index contributed by atoms with van der Waals surface area (Å²) < 4.78 is 1.82. The SMILES string of the molecule is O=C(Cc1cc(CCc2nnc3ccc(-c4ccccc4)nn23)ccn1)N1CCCC1. The molecule has 1 saturated heterocycles. The van der Waals surface area contributed by atoms with Crippen LogP contribution in [0, 0.1) is 0 Å². The normalized spacial score (nSPS) is 13.7. The Morgan fingerprint density at radius 3 is 2.61 bits per heavy atom. The molecule has 7 nitrogen and oxygen atoms in total. The standard InChI is InChI=1S/C24H24N6O/c31-24(29-14-4-5-15-29)17-20-16-18(12-13-25-20)8-10-22-26-27-23-11-9-21(28-30(22)23)19-6-2-1-3-7-19/h1-3,6-7,9,11-13,16H,4-5,8,10,14-15,17H2. The molecule has 7 heteroatoms. The lowest BCUT2D eigenvalue weighted by molar-refractivity contribution is -0.129. The second-order valence-corrected chi connectivity index (χ2v) is 7.89. The van der Waals surface area contributed by atoms with Crippen molar-refractivity contribution in [1.82, 2.24) is 29.7 Å². The van der Waals surface area contributed by atoms with E-state index in [2.05, 4.69) is 15.2 Å². The maximum atomic E-state index is 12.4. The van der Waals surface area contributed by atoms with Crippen molar-refractivity contribution in [2.45, 2.75) is 32.1 Å². The summed E-state index contributed by atoms with van der Waals surface area (Å²) in [4.78, 5) is 18.8. The highest BCUT2D eigenvalue weighted by Gasteiger charge is 2.18. The minimum Gasteiger partial charge on any atom is -0.342 e. The Kier molecular flexibility index (Phi) is 5.39. The van der Waals surface area contributed by atoms with Gasteiger partial charge in [-0.1, -0.05) is 30.3 Å². The van der Waals surface area contributed by atoms with Crippen LogP contribution in [0.5, 0.6) is 0 Å². The lowest BCUT2D eigenvalue weighted by Gasteiger charge is -2.14. The maximum absolute atomic E-state index is 12.4. The van der Waals surface area contributed by atoms with E-state index in [1.54, 1.807) is 6.20 Å². The Bertz CT molecular complexity index is 1200. The Balaban J connectivity index is 1.30. The molecule has 4 aromatic rings. The van der Waals surface area contributed by atoms with Gasteiger partial charge in [0.1, 0.15) is 0 Å². The van der Waals surface area contributed by atoms with E-state index >= 15 is 0 Å². The van der Waals surface area contributed by atoms with Gasteiger partial charge in [0.05, 0.1) is 12.1 Å². The molecule has 4 heterocycles. The number of hydrogen-bond donors (Lipinski definition) is 0. The Hall–Kier alpha value is -3.61. The van der Waals surface area contributed by atoms with Gasteiger partial charge in [-0.25, -0.2) is 0 Å². The minimum absolute atomic E-state index is 0.170. The summed E-state index contributed by atoms with van der Waals surface area (Å²) in [5, 5.41) is 13.3. The Morgan fingerprint density at radius 1 is 0.935 bits per heavy atom. The van der Waals surface area contributed by atoms with E-state index in [1.807, 2.05) is 64.0 Å². The summed E-state index contributed by atoms with van der Waals surface area (Å²) in [5.74, 6) is 0.988. The number of carbonyl (C=O) groups excluding carboxylic acids is 1. The van der Waals surface area contributed by atoms with E-state index in [-0.39, 0.29) is 5.91 Å². The van der Waals surface area contributed by atoms with Gasteiger partial charge < -0.3 is 4.90 Å². The van der Waals surface area contributed by atoms with Gasteiger partial charge in [-0.3, -0.25) is 9.78 Å². The highest BCUT2D eigenvalue weighted by Crippen LogP contribution is 2.17. The third-order valence-corrected chi connectivity index (χ3v) is 5.71. The molecule has 0 saturated carbocycles. The molecule has 0 N–H and O–H groups in total. The third kappa shape index (κ3) is 4.30. The molecule has 0 atom stereocenters.